The molecule has 0 saturated carbocycles. The normalized spacial score (nSPS) is 18.1. The van der Waals surface area contributed by atoms with Crippen LogP contribution < -0.4 is 0 Å². The van der Waals surface area contributed by atoms with Gasteiger partial charge in [-0.15, -0.1) is 0 Å². The second kappa shape index (κ2) is 5.42. The quantitative estimate of drug-likeness (QED) is 0.640. The Morgan fingerprint density at radius 3 is 2.55 bits per heavy atom. The number of fused-ring (bicyclic) bond motifs is 1. The second-order valence-corrected chi connectivity index (χ2v) is 5.92. The van der Waals surface area contributed by atoms with Crippen LogP contribution in [0.15, 0.2) is 30.3 Å². The Hall–Kier alpha value is -2.40. The third kappa shape index (κ3) is 2.55. The first-order valence-corrected chi connectivity index (χ1v) is 7.19. The molecular weight excluding hydrogens is 282 g/mol. The molecule has 0 spiro atoms. The number of rotatable bonds is 2. The van der Waals surface area contributed by atoms with Crippen LogP contribution in [0.2, 0.25) is 0 Å². The predicted octanol–water partition coefficient (Wildman–Crippen LogP) is 2.28. The van der Waals surface area contributed by atoms with Crippen LogP contribution in [0.4, 0.5) is 0 Å². The first-order valence-electron chi connectivity index (χ1n) is 7.19. The van der Waals surface area contributed by atoms with Crippen molar-refractivity contribution in [2.45, 2.75) is 18.9 Å². The second-order valence-electron chi connectivity index (χ2n) is 5.92. The summed E-state index contributed by atoms with van der Waals surface area (Å²) in [6.07, 6.45) is 0.543. The van der Waals surface area contributed by atoms with Crippen LogP contribution in [0.3, 0.4) is 0 Å². The fourth-order valence-corrected chi connectivity index (χ4v) is 3.17. The molecule has 22 heavy (non-hydrogen) atoms. The van der Waals surface area contributed by atoms with Gasteiger partial charge in [-0.2, -0.15) is 0 Å². The Labute approximate surface area is 128 Å². The van der Waals surface area contributed by atoms with Crippen LogP contribution in [0.1, 0.15) is 22.6 Å². The van der Waals surface area contributed by atoms with Crippen molar-refractivity contribution < 1.29 is 20.4 Å². The van der Waals surface area contributed by atoms with Gasteiger partial charge < -0.3 is 25.3 Å². The largest absolute Gasteiger partial charge is 0.504 e. The highest BCUT2D eigenvalue weighted by molar-refractivity contribution is 5.50. The van der Waals surface area contributed by atoms with E-state index in [1.54, 1.807) is 24.3 Å². The molecule has 1 unspecified atom stereocenters. The first kappa shape index (κ1) is 14.5. The number of likely N-dealkylation sites (N-methyl/N-ethyl adjacent to an activating group) is 1. The molecule has 1 aliphatic rings. The van der Waals surface area contributed by atoms with Crippen molar-refractivity contribution in [2.75, 3.05) is 13.6 Å². The van der Waals surface area contributed by atoms with E-state index in [9.17, 15) is 20.4 Å². The summed E-state index contributed by atoms with van der Waals surface area (Å²) in [6.45, 7) is 1.47. The molecule has 1 atom stereocenters. The topological polar surface area (TPSA) is 84.2 Å². The molecule has 3 rings (SSSR count). The van der Waals surface area contributed by atoms with Crippen molar-refractivity contribution >= 4 is 0 Å². The molecule has 2 aromatic carbocycles. The maximum atomic E-state index is 9.99. The van der Waals surface area contributed by atoms with E-state index in [1.165, 1.54) is 6.07 Å². The smallest absolute Gasteiger partial charge is 0.160 e. The Kier molecular flexibility index (Phi) is 3.58. The van der Waals surface area contributed by atoms with Crippen LogP contribution in [0.5, 0.6) is 23.0 Å². The van der Waals surface area contributed by atoms with Gasteiger partial charge in [0.2, 0.25) is 0 Å². The zero-order valence-electron chi connectivity index (χ0n) is 12.3. The molecule has 4 N–H and O–H groups in total. The minimum atomic E-state index is -0.131. The van der Waals surface area contributed by atoms with Gasteiger partial charge in [0.05, 0.1) is 0 Å². The molecule has 0 bridgehead atoms. The maximum absolute atomic E-state index is 9.99. The van der Waals surface area contributed by atoms with Crippen molar-refractivity contribution in [3.05, 3.63) is 47.0 Å². The Morgan fingerprint density at radius 2 is 1.77 bits per heavy atom. The summed E-state index contributed by atoms with van der Waals surface area (Å²) in [5.41, 5.74) is 2.60. The van der Waals surface area contributed by atoms with Gasteiger partial charge in [0.1, 0.15) is 0 Å². The van der Waals surface area contributed by atoms with E-state index >= 15 is 0 Å². The van der Waals surface area contributed by atoms with Crippen LogP contribution in [0, 0.1) is 0 Å². The van der Waals surface area contributed by atoms with Crippen molar-refractivity contribution in [3.63, 3.8) is 0 Å². The SMILES string of the molecule is CN1Cc2cc(O)c(O)cc2C(Cc2cccc(O)c2O)C1. The van der Waals surface area contributed by atoms with Crippen LogP contribution in [0.25, 0.3) is 0 Å². The van der Waals surface area contributed by atoms with Gasteiger partial charge in [0.15, 0.2) is 23.0 Å². The van der Waals surface area contributed by atoms with Gasteiger partial charge in [-0.3, -0.25) is 0 Å². The summed E-state index contributed by atoms with van der Waals surface area (Å²) in [5.74, 6) is -0.412. The van der Waals surface area contributed by atoms with E-state index < -0.39 is 0 Å². The van der Waals surface area contributed by atoms with E-state index in [2.05, 4.69) is 4.90 Å². The molecule has 0 aliphatic carbocycles. The van der Waals surface area contributed by atoms with Gasteiger partial charge in [-0.25, -0.2) is 0 Å². The van der Waals surface area contributed by atoms with E-state index in [-0.39, 0.29) is 28.9 Å². The van der Waals surface area contributed by atoms with Gasteiger partial charge in [0.25, 0.3) is 0 Å². The standard InChI is InChI=1S/C17H19NO4/c1-18-8-11(5-10-3-2-4-14(19)17(10)22)13-7-16(21)15(20)6-12(13)9-18/h2-4,6-7,11,19-22H,5,8-9H2,1H3. The highest BCUT2D eigenvalue weighted by Gasteiger charge is 2.26. The monoisotopic (exact) mass is 301 g/mol. The third-order valence-corrected chi connectivity index (χ3v) is 4.21. The average molecular weight is 301 g/mol. The first-order chi connectivity index (χ1) is 10.5. The summed E-state index contributed by atoms with van der Waals surface area (Å²) in [6, 6.07) is 8.12. The van der Waals surface area contributed by atoms with E-state index in [1.807, 2.05) is 7.05 Å². The van der Waals surface area contributed by atoms with Crippen LogP contribution in [-0.4, -0.2) is 38.9 Å². The predicted molar refractivity (Wildman–Crippen MR) is 82.3 cm³/mol. The van der Waals surface area contributed by atoms with Crippen molar-refractivity contribution in [1.29, 1.82) is 0 Å². The summed E-state index contributed by atoms with van der Waals surface area (Å²) in [4.78, 5) is 2.13. The molecule has 5 nitrogen and oxygen atoms in total. The summed E-state index contributed by atoms with van der Waals surface area (Å²) < 4.78 is 0. The zero-order chi connectivity index (χ0) is 15.9. The van der Waals surface area contributed by atoms with E-state index in [4.69, 9.17) is 0 Å². The molecule has 1 heterocycles. The Bertz CT molecular complexity index is 714. The zero-order valence-corrected chi connectivity index (χ0v) is 12.3. The summed E-state index contributed by atoms with van der Waals surface area (Å²) >= 11 is 0. The van der Waals surface area contributed by atoms with Crippen molar-refractivity contribution in [3.8, 4) is 23.0 Å². The molecule has 2 aromatic rings. The van der Waals surface area contributed by atoms with Crippen molar-refractivity contribution in [1.82, 2.24) is 4.90 Å². The minimum Gasteiger partial charge on any atom is -0.504 e. The summed E-state index contributed by atoms with van der Waals surface area (Å²) in [5, 5.41) is 39.1. The van der Waals surface area contributed by atoms with Crippen molar-refractivity contribution in [2.24, 2.45) is 0 Å². The number of phenolic OH excluding ortho intramolecular Hbond substituents is 4. The minimum absolute atomic E-state index is 0.0629. The van der Waals surface area contributed by atoms with Crippen LogP contribution >= 0.6 is 0 Å². The fourth-order valence-electron chi connectivity index (χ4n) is 3.17. The molecular formula is C17H19NO4. The molecule has 5 heteroatoms. The highest BCUT2D eigenvalue weighted by atomic mass is 16.3. The number of hydrogen-bond acceptors (Lipinski definition) is 5. The number of nitrogens with zero attached hydrogens (tertiary/aromatic N) is 1. The van der Waals surface area contributed by atoms with Crippen LogP contribution in [-0.2, 0) is 13.0 Å². The third-order valence-electron chi connectivity index (χ3n) is 4.21. The number of para-hydroxylation sites is 1. The molecule has 0 saturated heterocycles. The lowest BCUT2D eigenvalue weighted by molar-refractivity contribution is 0.276. The number of benzene rings is 2. The van der Waals surface area contributed by atoms with E-state index in [0.29, 0.717) is 18.5 Å². The lowest BCUT2D eigenvalue weighted by Gasteiger charge is -2.32. The van der Waals surface area contributed by atoms with Gasteiger partial charge in [0, 0.05) is 19.0 Å². The van der Waals surface area contributed by atoms with Gasteiger partial charge >= 0.3 is 0 Å². The van der Waals surface area contributed by atoms with Gasteiger partial charge in [-0.05, 0) is 48.4 Å². The molecule has 0 fully saturated rings. The highest BCUT2D eigenvalue weighted by Crippen LogP contribution is 2.39. The lowest BCUT2D eigenvalue weighted by Crippen LogP contribution is -2.31. The summed E-state index contributed by atoms with van der Waals surface area (Å²) in [7, 11) is 1.99. The molecule has 116 valence electrons. The molecule has 0 radical (unpaired) electrons. The number of phenols is 4. The fraction of sp³-hybridized carbons (Fsp3) is 0.294. The average Bonchev–Trinajstić information content (AvgIpc) is 2.46. The molecule has 1 aliphatic heterocycles. The van der Waals surface area contributed by atoms with E-state index in [0.717, 1.165) is 17.7 Å². The molecule has 0 aromatic heterocycles. The molecule has 0 amide bonds. The number of aromatic hydroxyl groups is 4. The Morgan fingerprint density at radius 1 is 1.05 bits per heavy atom. The Balaban J connectivity index is 1.98. The maximum Gasteiger partial charge on any atom is 0.160 e. The number of hydrogen-bond donors (Lipinski definition) is 4. The lowest BCUT2D eigenvalue weighted by atomic mass is 9.85. The van der Waals surface area contributed by atoms with Gasteiger partial charge in [-0.1, -0.05) is 12.1 Å².